The molecule has 0 unspecified atom stereocenters. The highest BCUT2D eigenvalue weighted by Crippen LogP contribution is 2.45. The molecule has 4 rings (SSSR count). The Morgan fingerprint density at radius 2 is 2.03 bits per heavy atom. The van der Waals surface area contributed by atoms with Gasteiger partial charge < -0.3 is 14.8 Å². The maximum absolute atomic E-state index is 12.4. The zero-order chi connectivity index (χ0) is 26.6. The molecule has 7 heteroatoms. The number of fused-ring (bicyclic) bond motifs is 1. The van der Waals surface area contributed by atoms with E-state index in [4.69, 9.17) is 9.47 Å². The number of nitrogens with zero attached hydrogens (tertiary/aromatic N) is 2. The Morgan fingerprint density at radius 1 is 1.24 bits per heavy atom. The molecule has 192 valence electrons. The number of para-hydroxylation sites is 1. The van der Waals surface area contributed by atoms with E-state index in [0.717, 1.165) is 41.1 Å². The van der Waals surface area contributed by atoms with E-state index in [1.165, 1.54) is 10.4 Å². The molecule has 0 saturated carbocycles. The van der Waals surface area contributed by atoms with Crippen LogP contribution in [0.25, 0.3) is 0 Å². The number of nitrogens with one attached hydrogen (secondary N) is 1. The molecule has 1 aliphatic rings. The van der Waals surface area contributed by atoms with Crippen LogP contribution in [0.15, 0.2) is 47.5 Å². The average Bonchev–Trinajstić information content (AvgIpc) is 3.24. The second-order valence-corrected chi connectivity index (χ2v) is 11.5. The van der Waals surface area contributed by atoms with Gasteiger partial charge in [0.15, 0.2) is 18.1 Å². The van der Waals surface area contributed by atoms with Crippen LogP contribution in [0.2, 0.25) is 0 Å². The number of hydrogen-bond acceptors (Lipinski definition) is 6. The SMILES string of the molecule is COc1cc(C=Nc2sc3c(c2C#N)CC[C@@H](C(C)(C)C)C3)ccc1OCC(=O)Nc1ccccc1C. The molecule has 1 aliphatic carbocycles. The predicted octanol–water partition coefficient (Wildman–Crippen LogP) is 6.86. The monoisotopic (exact) mass is 515 g/mol. The van der Waals surface area contributed by atoms with E-state index in [1.54, 1.807) is 30.7 Å². The zero-order valence-corrected chi connectivity index (χ0v) is 22.9. The van der Waals surface area contributed by atoms with Crippen molar-refractivity contribution in [3.63, 3.8) is 0 Å². The van der Waals surface area contributed by atoms with Crippen LogP contribution in [0.3, 0.4) is 0 Å². The van der Waals surface area contributed by atoms with Crippen molar-refractivity contribution in [2.45, 2.75) is 47.0 Å². The van der Waals surface area contributed by atoms with Crippen LogP contribution in [0.1, 0.15) is 54.3 Å². The van der Waals surface area contributed by atoms with Gasteiger partial charge in [-0.2, -0.15) is 5.26 Å². The lowest BCUT2D eigenvalue weighted by atomic mass is 9.72. The number of benzene rings is 2. The maximum atomic E-state index is 12.4. The van der Waals surface area contributed by atoms with E-state index in [2.05, 4.69) is 37.1 Å². The molecule has 1 amide bonds. The lowest BCUT2D eigenvalue weighted by Crippen LogP contribution is -2.26. The van der Waals surface area contributed by atoms with Crippen LogP contribution in [0.4, 0.5) is 10.7 Å². The smallest absolute Gasteiger partial charge is 0.262 e. The molecule has 1 N–H and O–H groups in total. The van der Waals surface area contributed by atoms with Crippen LogP contribution in [-0.4, -0.2) is 25.8 Å². The fourth-order valence-electron chi connectivity index (χ4n) is 4.58. The van der Waals surface area contributed by atoms with Gasteiger partial charge in [-0.05, 0) is 78.5 Å². The van der Waals surface area contributed by atoms with E-state index < -0.39 is 0 Å². The number of ether oxygens (including phenoxy) is 2. The second kappa shape index (κ2) is 11.2. The van der Waals surface area contributed by atoms with Crippen LogP contribution in [-0.2, 0) is 17.6 Å². The number of anilines is 1. The lowest BCUT2D eigenvalue weighted by Gasteiger charge is -2.33. The molecule has 1 aromatic heterocycles. The molecule has 37 heavy (non-hydrogen) atoms. The highest BCUT2D eigenvalue weighted by molar-refractivity contribution is 7.16. The summed E-state index contributed by atoms with van der Waals surface area (Å²) in [6.45, 7) is 8.67. The van der Waals surface area contributed by atoms with Gasteiger partial charge in [0, 0.05) is 16.8 Å². The fourth-order valence-corrected chi connectivity index (χ4v) is 5.80. The first-order chi connectivity index (χ1) is 17.7. The second-order valence-electron chi connectivity index (χ2n) is 10.4. The molecule has 0 fully saturated rings. The summed E-state index contributed by atoms with van der Waals surface area (Å²) in [6, 6.07) is 15.4. The Bertz CT molecular complexity index is 1360. The summed E-state index contributed by atoms with van der Waals surface area (Å²) in [5.74, 6) is 1.34. The Morgan fingerprint density at radius 3 is 2.73 bits per heavy atom. The van der Waals surface area contributed by atoms with E-state index in [0.29, 0.717) is 23.0 Å². The third-order valence-electron chi connectivity index (χ3n) is 6.88. The number of rotatable bonds is 7. The average molecular weight is 516 g/mol. The van der Waals surface area contributed by atoms with Gasteiger partial charge in [0.05, 0.1) is 12.7 Å². The summed E-state index contributed by atoms with van der Waals surface area (Å²) in [5, 5.41) is 13.4. The van der Waals surface area contributed by atoms with Gasteiger partial charge in [-0.15, -0.1) is 11.3 Å². The maximum Gasteiger partial charge on any atom is 0.262 e. The van der Waals surface area contributed by atoms with Gasteiger partial charge in [0.25, 0.3) is 5.91 Å². The van der Waals surface area contributed by atoms with E-state index >= 15 is 0 Å². The first kappa shape index (κ1) is 26.4. The van der Waals surface area contributed by atoms with Gasteiger partial charge in [-0.3, -0.25) is 4.79 Å². The number of carbonyl (C=O) groups excluding carboxylic acids is 1. The topological polar surface area (TPSA) is 83.7 Å². The Labute approximate surface area is 223 Å². The van der Waals surface area contributed by atoms with Crippen molar-refractivity contribution < 1.29 is 14.3 Å². The number of carbonyl (C=O) groups is 1. The summed E-state index contributed by atoms with van der Waals surface area (Å²) < 4.78 is 11.2. The van der Waals surface area contributed by atoms with Gasteiger partial charge in [0.1, 0.15) is 11.1 Å². The lowest BCUT2D eigenvalue weighted by molar-refractivity contribution is -0.118. The molecule has 1 atom stereocenters. The number of nitriles is 1. The third-order valence-corrected chi connectivity index (χ3v) is 8.04. The number of amides is 1. The van der Waals surface area contributed by atoms with Crippen molar-refractivity contribution in [2.75, 3.05) is 19.0 Å². The molecule has 6 nitrogen and oxygen atoms in total. The van der Waals surface area contributed by atoms with Gasteiger partial charge in [-0.25, -0.2) is 4.99 Å². The van der Waals surface area contributed by atoms with Crippen LogP contribution in [0, 0.1) is 29.6 Å². The minimum Gasteiger partial charge on any atom is -0.493 e. The molecule has 0 bridgehead atoms. The Kier molecular flexibility index (Phi) is 7.99. The number of aliphatic imine (C=N–C) groups is 1. The highest BCUT2D eigenvalue weighted by atomic mass is 32.1. The minimum absolute atomic E-state index is 0.139. The fraction of sp³-hybridized carbons (Fsp3) is 0.367. The first-order valence-electron chi connectivity index (χ1n) is 12.4. The molecule has 0 saturated heterocycles. The van der Waals surface area contributed by atoms with Crippen molar-refractivity contribution in [1.82, 2.24) is 0 Å². The standard InChI is InChI=1S/C30H33N3O3S/c1-19-8-6-7-9-24(19)33-28(34)18-36-25-13-10-20(14-26(25)35-5)17-32-29-23(16-31)22-12-11-21(30(2,3)4)15-27(22)37-29/h6-10,13-14,17,21H,11-12,15,18H2,1-5H3,(H,33,34)/t21-/m1/s1. The van der Waals surface area contributed by atoms with Gasteiger partial charge >= 0.3 is 0 Å². The van der Waals surface area contributed by atoms with Crippen molar-refractivity contribution >= 4 is 34.1 Å². The Hall–Kier alpha value is -3.63. The Balaban J connectivity index is 1.45. The van der Waals surface area contributed by atoms with Crippen LogP contribution < -0.4 is 14.8 Å². The minimum atomic E-state index is -0.249. The van der Waals surface area contributed by atoms with Crippen LogP contribution in [0.5, 0.6) is 11.5 Å². The normalized spacial score (nSPS) is 15.2. The van der Waals surface area contributed by atoms with Crippen molar-refractivity contribution in [3.05, 3.63) is 69.6 Å². The number of methoxy groups -OCH3 is 1. The molecular formula is C30H33N3O3S. The molecule has 3 aromatic rings. The van der Waals surface area contributed by atoms with E-state index in [-0.39, 0.29) is 17.9 Å². The third kappa shape index (κ3) is 6.20. The first-order valence-corrected chi connectivity index (χ1v) is 13.3. The van der Waals surface area contributed by atoms with Crippen molar-refractivity contribution in [3.8, 4) is 17.6 Å². The van der Waals surface area contributed by atoms with Gasteiger partial charge in [-0.1, -0.05) is 39.0 Å². The molecule has 0 spiro atoms. The largest absolute Gasteiger partial charge is 0.493 e. The molecule has 0 aliphatic heterocycles. The summed E-state index contributed by atoms with van der Waals surface area (Å²) in [7, 11) is 1.56. The van der Waals surface area contributed by atoms with Crippen molar-refractivity contribution in [2.24, 2.45) is 16.3 Å². The summed E-state index contributed by atoms with van der Waals surface area (Å²) >= 11 is 1.63. The van der Waals surface area contributed by atoms with E-state index in [9.17, 15) is 10.1 Å². The molecule has 2 aromatic carbocycles. The predicted molar refractivity (Wildman–Crippen MR) is 150 cm³/mol. The highest BCUT2D eigenvalue weighted by Gasteiger charge is 2.32. The number of aryl methyl sites for hydroxylation is 1. The summed E-state index contributed by atoms with van der Waals surface area (Å²) in [5.41, 5.74) is 4.68. The van der Waals surface area contributed by atoms with E-state index in [1.807, 2.05) is 43.3 Å². The number of thiophene rings is 1. The number of hydrogen-bond donors (Lipinski definition) is 1. The summed E-state index contributed by atoms with van der Waals surface area (Å²) in [4.78, 5) is 18.3. The summed E-state index contributed by atoms with van der Waals surface area (Å²) in [6.07, 6.45) is 4.79. The molecule has 1 heterocycles. The van der Waals surface area contributed by atoms with Crippen molar-refractivity contribution in [1.29, 1.82) is 5.26 Å². The van der Waals surface area contributed by atoms with Gasteiger partial charge in [0.2, 0.25) is 0 Å². The molecular weight excluding hydrogens is 482 g/mol. The zero-order valence-electron chi connectivity index (χ0n) is 22.1. The van der Waals surface area contributed by atoms with Crippen LogP contribution >= 0.6 is 11.3 Å². The quantitative estimate of drug-likeness (QED) is 0.349. The molecule has 0 radical (unpaired) electrons.